The maximum absolute atomic E-state index is 16.4. The number of amides is 1. The van der Waals surface area contributed by atoms with Crippen LogP contribution in [0.3, 0.4) is 0 Å². The number of carboxylic acid groups (broad SMARTS) is 1. The number of carboxylic acids is 1. The summed E-state index contributed by atoms with van der Waals surface area (Å²) in [5, 5.41) is 20.0. The van der Waals surface area contributed by atoms with E-state index in [2.05, 4.69) is 25.7 Å². The number of alkyl halides is 1. The number of esters is 1. The van der Waals surface area contributed by atoms with Crippen molar-refractivity contribution in [3.8, 4) is 0 Å². The SMILES string of the molecule is C=C(CCCCCCCCCCCCCC)OOC(COC(=O)CCCCCCCCCCCCCCC)C(F)[C@@H]1OC(C(=O)O)=C[C@H](C=N)C1NC(C)=O. The van der Waals surface area contributed by atoms with Crippen molar-refractivity contribution in [2.24, 2.45) is 5.92 Å². The molecule has 3 unspecified atom stereocenters. The monoisotopic (exact) mass is 781 g/mol. The van der Waals surface area contributed by atoms with Crippen LogP contribution in [-0.2, 0) is 33.6 Å². The molecule has 318 valence electrons. The molecule has 0 fully saturated rings. The van der Waals surface area contributed by atoms with E-state index in [0.717, 1.165) is 50.8 Å². The Morgan fingerprint density at radius 3 is 1.65 bits per heavy atom. The number of hydrogen-bond acceptors (Lipinski definition) is 8. The summed E-state index contributed by atoms with van der Waals surface area (Å²) in [4.78, 5) is 47.5. The zero-order valence-electron chi connectivity index (χ0n) is 34.7. The molecule has 0 aliphatic carbocycles. The van der Waals surface area contributed by atoms with Gasteiger partial charge >= 0.3 is 11.9 Å². The highest BCUT2D eigenvalue weighted by atomic mass is 19.1. The minimum atomic E-state index is -2.12. The van der Waals surface area contributed by atoms with Gasteiger partial charge in [-0.25, -0.2) is 9.18 Å². The summed E-state index contributed by atoms with van der Waals surface area (Å²) >= 11 is 0. The molecule has 1 rings (SSSR count). The fourth-order valence-electron chi connectivity index (χ4n) is 6.96. The molecule has 3 N–H and O–H groups in total. The van der Waals surface area contributed by atoms with Crippen molar-refractivity contribution >= 4 is 24.1 Å². The van der Waals surface area contributed by atoms with Crippen molar-refractivity contribution in [1.29, 1.82) is 5.41 Å². The van der Waals surface area contributed by atoms with Gasteiger partial charge in [-0.15, -0.1) is 0 Å². The van der Waals surface area contributed by atoms with E-state index in [-0.39, 0.29) is 12.2 Å². The van der Waals surface area contributed by atoms with Crippen molar-refractivity contribution in [2.75, 3.05) is 6.61 Å². The zero-order chi connectivity index (χ0) is 40.5. The van der Waals surface area contributed by atoms with E-state index < -0.39 is 60.6 Å². The van der Waals surface area contributed by atoms with Gasteiger partial charge in [0.15, 0.2) is 18.4 Å². The first-order valence-electron chi connectivity index (χ1n) is 21.8. The number of halogens is 1. The lowest BCUT2D eigenvalue weighted by molar-refractivity contribution is -0.319. The van der Waals surface area contributed by atoms with E-state index >= 15 is 4.39 Å². The molecule has 0 spiro atoms. The van der Waals surface area contributed by atoms with Gasteiger partial charge < -0.3 is 30.2 Å². The first-order chi connectivity index (χ1) is 26.6. The standard InChI is InChI=1S/C44H77FN2O8/c1-5-7-9-11-13-15-17-19-21-23-25-27-29-31-40(49)52-34-39(41(45)43-42(47-36(4)48)37(33-46)32-38(53-43)44(50)51)55-54-35(3)30-28-26-24-22-20-18-16-14-12-10-8-6-2/h32-33,37,39,41-43,46H,3,5-31,34H2,1-2,4H3,(H,47,48)(H,50,51)/t37-,39?,41?,42?,43+/m1/s1. The van der Waals surface area contributed by atoms with Gasteiger partial charge in [0, 0.05) is 31.9 Å². The quantitative estimate of drug-likeness (QED) is 0.0141. The normalized spacial score (nSPS) is 17.7. The Morgan fingerprint density at radius 2 is 1.24 bits per heavy atom. The number of carbonyl (C=O) groups is 3. The van der Waals surface area contributed by atoms with Gasteiger partial charge in [0.25, 0.3) is 0 Å². The maximum atomic E-state index is 16.4. The molecule has 0 saturated heterocycles. The van der Waals surface area contributed by atoms with Crippen LogP contribution in [0, 0.1) is 11.3 Å². The Bertz CT molecular complexity index is 1090. The van der Waals surface area contributed by atoms with Crippen LogP contribution in [0.1, 0.15) is 194 Å². The maximum Gasteiger partial charge on any atom is 0.370 e. The summed E-state index contributed by atoms with van der Waals surface area (Å²) in [6, 6.07) is -1.12. The second-order valence-corrected chi connectivity index (χ2v) is 15.4. The van der Waals surface area contributed by atoms with Gasteiger partial charge in [-0.3, -0.25) is 9.59 Å². The van der Waals surface area contributed by atoms with Crippen molar-refractivity contribution in [3.05, 3.63) is 24.2 Å². The third-order valence-corrected chi connectivity index (χ3v) is 10.3. The molecule has 5 atom stereocenters. The molecule has 1 aliphatic rings. The fraction of sp³-hybridized carbons (Fsp3) is 0.818. The average molecular weight is 781 g/mol. The lowest BCUT2D eigenvalue weighted by Crippen LogP contribution is -2.57. The third-order valence-electron chi connectivity index (χ3n) is 10.3. The molecule has 0 bridgehead atoms. The summed E-state index contributed by atoms with van der Waals surface area (Å²) in [6.45, 7) is 9.09. The molecular weight excluding hydrogens is 703 g/mol. The second kappa shape index (κ2) is 33.2. The molecule has 0 aromatic carbocycles. The fourth-order valence-corrected chi connectivity index (χ4v) is 6.96. The number of nitrogens with one attached hydrogen (secondary N) is 2. The Morgan fingerprint density at radius 1 is 0.800 bits per heavy atom. The van der Waals surface area contributed by atoms with Crippen LogP contribution >= 0.6 is 0 Å². The number of aliphatic carboxylic acids is 1. The minimum absolute atomic E-state index is 0.171. The lowest BCUT2D eigenvalue weighted by atomic mass is 9.88. The summed E-state index contributed by atoms with van der Waals surface area (Å²) in [5.41, 5.74) is 0. The van der Waals surface area contributed by atoms with E-state index in [4.69, 9.17) is 24.7 Å². The van der Waals surface area contributed by atoms with Crippen LogP contribution in [0.5, 0.6) is 0 Å². The highest BCUT2D eigenvalue weighted by molar-refractivity contribution is 5.86. The minimum Gasteiger partial charge on any atom is -0.478 e. The summed E-state index contributed by atoms with van der Waals surface area (Å²) in [5.74, 6) is -3.71. The number of hydrogen-bond donors (Lipinski definition) is 3. The van der Waals surface area contributed by atoms with Crippen molar-refractivity contribution in [3.63, 3.8) is 0 Å². The molecule has 0 radical (unpaired) electrons. The van der Waals surface area contributed by atoms with Crippen LogP contribution in [0.15, 0.2) is 24.2 Å². The number of rotatable bonds is 37. The molecule has 0 aromatic heterocycles. The second-order valence-electron chi connectivity index (χ2n) is 15.4. The van der Waals surface area contributed by atoms with Crippen LogP contribution in [0.4, 0.5) is 4.39 Å². The lowest BCUT2D eigenvalue weighted by Gasteiger charge is -2.38. The molecule has 0 aromatic rings. The average Bonchev–Trinajstić information content (AvgIpc) is 3.16. The molecule has 11 heteroatoms. The largest absolute Gasteiger partial charge is 0.478 e. The van der Waals surface area contributed by atoms with E-state index in [1.807, 2.05) is 0 Å². The molecule has 1 aliphatic heterocycles. The highest BCUT2D eigenvalue weighted by Gasteiger charge is 2.46. The van der Waals surface area contributed by atoms with Crippen LogP contribution in [0.2, 0.25) is 0 Å². The van der Waals surface area contributed by atoms with Gasteiger partial charge in [-0.2, -0.15) is 4.89 Å². The highest BCUT2D eigenvalue weighted by Crippen LogP contribution is 2.29. The molecule has 0 saturated carbocycles. The van der Waals surface area contributed by atoms with Gasteiger partial charge in [-0.05, 0) is 18.9 Å². The topological polar surface area (TPSA) is 144 Å². The number of allylic oxidation sites excluding steroid dienone is 1. The van der Waals surface area contributed by atoms with Crippen molar-refractivity contribution < 1.29 is 43.1 Å². The summed E-state index contributed by atoms with van der Waals surface area (Å²) < 4.78 is 27.4. The predicted molar refractivity (Wildman–Crippen MR) is 217 cm³/mol. The van der Waals surface area contributed by atoms with Crippen LogP contribution in [-0.4, -0.2) is 60.2 Å². The van der Waals surface area contributed by atoms with Crippen LogP contribution in [0.25, 0.3) is 0 Å². The Balaban J connectivity index is 2.64. The third kappa shape index (κ3) is 25.0. The molecular formula is C44H77FN2O8. The smallest absolute Gasteiger partial charge is 0.370 e. The van der Waals surface area contributed by atoms with Crippen molar-refractivity contribution in [1.82, 2.24) is 5.32 Å². The molecule has 1 amide bonds. The van der Waals surface area contributed by atoms with E-state index in [1.165, 1.54) is 122 Å². The molecule has 10 nitrogen and oxygen atoms in total. The Labute approximate surface area is 332 Å². The number of carbonyl (C=O) groups excluding carboxylic acids is 2. The first-order valence-corrected chi connectivity index (χ1v) is 21.8. The molecule has 55 heavy (non-hydrogen) atoms. The van der Waals surface area contributed by atoms with Gasteiger partial charge in [0.05, 0.1) is 6.04 Å². The summed E-state index contributed by atoms with van der Waals surface area (Å²) in [7, 11) is 0. The van der Waals surface area contributed by atoms with E-state index in [0.29, 0.717) is 12.8 Å². The Hall–Kier alpha value is -2.95. The van der Waals surface area contributed by atoms with Crippen LogP contribution < -0.4 is 5.32 Å². The zero-order valence-corrected chi connectivity index (χ0v) is 34.7. The number of ether oxygens (including phenoxy) is 2. The molecule has 1 heterocycles. The van der Waals surface area contributed by atoms with Gasteiger partial charge in [0.1, 0.15) is 12.4 Å². The first kappa shape index (κ1) is 50.1. The van der Waals surface area contributed by atoms with Crippen molar-refractivity contribution in [2.45, 2.75) is 219 Å². The predicted octanol–water partition coefficient (Wildman–Crippen LogP) is 11.4. The van der Waals surface area contributed by atoms with Gasteiger partial charge in [0.2, 0.25) is 11.7 Å². The van der Waals surface area contributed by atoms with E-state index in [1.54, 1.807) is 0 Å². The number of unbranched alkanes of at least 4 members (excludes halogenated alkanes) is 23. The summed E-state index contributed by atoms with van der Waals surface area (Å²) in [6.07, 6.45) is 27.3. The van der Waals surface area contributed by atoms with Gasteiger partial charge in [-0.1, -0.05) is 168 Å². The Kier molecular flexibility index (Phi) is 30.2. The van der Waals surface area contributed by atoms with E-state index in [9.17, 15) is 19.5 Å².